The summed E-state index contributed by atoms with van der Waals surface area (Å²) in [6, 6.07) is 4.62. The molecule has 0 atom stereocenters. The highest BCUT2D eigenvalue weighted by molar-refractivity contribution is 6.42. The van der Waals surface area contributed by atoms with Gasteiger partial charge in [0.1, 0.15) is 5.76 Å². The average molecular weight is 303 g/mol. The monoisotopic (exact) mass is 302 g/mol. The number of carbonyl (C=O) groups is 1. The Morgan fingerprint density at radius 1 is 1.37 bits per heavy atom. The third kappa shape index (κ3) is 4.54. The number of aliphatic hydroxyl groups excluding tert-OH is 1. The van der Waals surface area contributed by atoms with E-state index in [9.17, 15) is 9.90 Å². The van der Waals surface area contributed by atoms with Crippen LogP contribution in [0.25, 0.3) is 0 Å². The first-order valence-electron chi connectivity index (χ1n) is 5.39. The molecule has 0 aliphatic rings. The van der Waals surface area contributed by atoms with Gasteiger partial charge in [-0.2, -0.15) is 5.11 Å². The molecule has 0 saturated carbocycles. The van der Waals surface area contributed by atoms with Crippen LogP contribution in [-0.2, 0) is 9.53 Å². The van der Waals surface area contributed by atoms with E-state index < -0.39 is 5.97 Å². The first-order chi connectivity index (χ1) is 8.95. The van der Waals surface area contributed by atoms with Gasteiger partial charge in [0.05, 0.1) is 22.3 Å². The van der Waals surface area contributed by atoms with Gasteiger partial charge in [-0.25, -0.2) is 4.79 Å². The topological polar surface area (TPSA) is 71.2 Å². The van der Waals surface area contributed by atoms with E-state index in [4.69, 9.17) is 27.9 Å². The Bertz CT molecular complexity index is 538. The summed E-state index contributed by atoms with van der Waals surface area (Å²) in [4.78, 5) is 11.5. The van der Waals surface area contributed by atoms with Crippen molar-refractivity contribution in [2.75, 3.05) is 6.61 Å². The van der Waals surface area contributed by atoms with Gasteiger partial charge in [0.2, 0.25) is 5.70 Å². The van der Waals surface area contributed by atoms with E-state index in [1.165, 1.54) is 13.0 Å². The number of halogens is 2. The van der Waals surface area contributed by atoms with Gasteiger partial charge < -0.3 is 9.84 Å². The average Bonchev–Trinajstić information content (AvgIpc) is 2.33. The SMILES string of the molecule is CCOC(=O)/C(N=Nc1ccc(Cl)c(Cl)c1)=C(\C)O. The number of azo groups is 1. The molecule has 0 unspecified atom stereocenters. The van der Waals surface area contributed by atoms with Crippen molar-refractivity contribution in [2.45, 2.75) is 13.8 Å². The quantitative estimate of drug-likeness (QED) is 0.387. The molecule has 0 aromatic heterocycles. The number of hydrogen-bond acceptors (Lipinski definition) is 5. The second-order valence-corrected chi connectivity index (χ2v) is 4.27. The van der Waals surface area contributed by atoms with Crippen LogP contribution in [-0.4, -0.2) is 17.7 Å². The molecule has 1 aromatic carbocycles. The van der Waals surface area contributed by atoms with E-state index in [0.717, 1.165) is 0 Å². The van der Waals surface area contributed by atoms with E-state index in [1.54, 1.807) is 19.1 Å². The second kappa shape index (κ2) is 7.11. The molecule has 0 aliphatic carbocycles. The Morgan fingerprint density at radius 2 is 2.05 bits per heavy atom. The smallest absolute Gasteiger partial charge is 0.362 e. The Hall–Kier alpha value is -1.59. The van der Waals surface area contributed by atoms with Crippen LogP contribution >= 0.6 is 23.2 Å². The maximum absolute atomic E-state index is 11.5. The van der Waals surface area contributed by atoms with Crippen molar-refractivity contribution in [3.63, 3.8) is 0 Å². The number of esters is 1. The number of nitrogens with zero attached hydrogens (tertiary/aromatic N) is 2. The summed E-state index contributed by atoms with van der Waals surface area (Å²) in [6.45, 7) is 3.15. The van der Waals surface area contributed by atoms with Gasteiger partial charge in [-0.05, 0) is 32.0 Å². The molecule has 1 rings (SSSR count). The third-order valence-electron chi connectivity index (χ3n) is 1.98. The summed E-state index contributed by atoms with van der Waals surface area (Å²) in [7, 11) is 0. The lowest BCUT2D eigenvalue weighted by atomic mass is 10.3. The minimum atomic E-state index is -0.744. The summed E-state index contributed by atoms with van der Waals surface area (Å²) < 4.78 is 4.74. The third-order valence-corrected chi connectivity index (χ3v) is 2.72. The van der Waals surface area contributed by atoms with Gasteiger partial charge in [0, 0.05) is 0 Å². The molecule has 7 heteroatoms. The summed E-state index contributed by atoms with van der Waals surface area (Å²) >= 11 is 11.6. The zero-order valence-electron chi connectivity index (χ0n) is 10.4. The largest absolute Gasteiger partial charge is 0.510 e. The zero-order valence-corrected chi connectivity index (χ0v) is 11.9. The van der Waals surface area contributed by atoms with E-state index in [0.29, 0.717) is 15.7 Å². The molecule has 0 fully saturated rings. The fraction of sp³-hybridized carbons (Fsp3) is 0.250. The molecule has 0 spiro atoms. The van der Waals surface area contributed by atoms with Crippen LogP contribution < -0.4 is 0 Å². The number of carbonyl (C=O) groups excluding carboxylic acids is 1. The van der Waals surface area contributed by atoms with Gasteiger partial charge in [-0.3, -0.25) is 0 Å². The van der Waals surface area contributed by atoms with E-state index in [-0.39, 0.29) is 18.1 Å². The lowest BCUT2D eigenvalue weighted by molar-refractivity contribution is -0.138. The fourth-order valence-electron chi connectivity index (χ4n) is 1.12. The normalized spacial score (nSPS) is 12.4. The Balaban J connectivity index is 2.97. The van der Waals surface area contributed by atoms with Crippen LogP contribution in [0.3, 0.4) is 0 Å². The van der Waals surface area contributed by atoms with Gasteiger partial charge in [0.15, 0.2) is 0 Å². The molecular formula is C12H12Cl2N2O3. The zero-order chi connectivity index (χ0) is 14.4. The predicted molar refractivity (Wildman–Crippen MR) is 72.9 cm³/mol. The highest BCUT2D eigenvalue weighted by Gasteiger charge is 2.13. The number of ether oxygens (including phenoxy) is 1. The summed E-state index contributed by atoms with van der Waals surface area (Å²) in [5.41, 5.74) is 0.144. The minimum Gasteiger partial charge on any atom is -0.510 e. The van der Waals surface area contributed by atoms with Crippen molar-refractivity contribution in [1.82, 2.24) is 0 Å². The van der Waals surface area contributed by atoms with Crippen molar-refractivity contribution in [3.05, 3.63) is 39.7 Å². The number of allylic oxidation sites excluding steroid dienone is 1. The van der Waals surface area contributed by atoms with Crippen LogP contribution in [0.4, 0.5) is 5.69 Å². The Kier molecular flexibility index (Phi) is 5.79. The molecule has 0 bridgehead atoms. The molecule has 0 radical (unpaired) electrons. The van der Waals surface area contributed by atoms with Crippen LogP contribution in [0.5, 0.6) is 0 Å². The molecule has 0 saturated heterocycles. The van der Waals surface area contributed by atoms with Crippen LogP contribution in [0, 0.1) is 0 Å². The van der Waals surface area contributed by atoms with Gasteiger partial charge in [0.25, 0.3) is 0 Å². The van der Waals surface area contributed by atoms with Crippen molar-refractivity contribution in [3.8, 4) is 0 Å². The van der Waals surface area contributed by atoms with Crippen LogP contribution in [0.1, 0.15) is 13.8 Å². The molecular weight excluding hydrogens is 291 g/mol. The van der Waals surface area contributed by atoms with Gasteiger partial charge in [-0.15, -0.1) is 5.11 Å². The van der Waals surface area contributed by atoms with Gasteiger partial charge in [-0.1, -0.05) is 23.2 Å². The summed E-state index contributed by atoms with van der Waals surface area (Å²) in [5.74, 6) is -1.02. The van der Waals surface area contributed by atoms with E-state index >= 15 is 0 Å². The number of aliphatic hydroxyl groups is 1. The van der Waals surface area contributed by atoms with Crippen molar-refractivity contribution < 1.29 is 14.6 Å². The fourth-order valence-corrected chi connectivity index (χ4v) is 1.41. The molecule has 0 heterocycles. The van der Waals surface area contributed by atoms with Crippen molar-refractivity contribution >= 4 is 34.9 Å². The summed E-state index contributed by atoms with van der Waals surface area (Å²) in [6.07, 6.45) is 0. The molecule has 0 aliphatic heterocycles. The van der Waals surface area contributed by atoms with Crippen LogP contribution in [0.2, 0.25) is 10.0 Å². The molecule has 102 valence electrons. The van der Waals surface area contributed by atoms with E-state index in [1.807, 2.05) is 0 Å². The predicted octanol–water partition coefficient (Wildman–Crippen LogP) is 4.43. The Morgan fingerprint density at radius 3 is 2.58 bits per heavy atom. The highest BCUT2D eigenvalue weighted by Crippen LogP contribution is 2.27. The van der Waals surface area contributed by atoms with E-state index in [2.05, 4.69) is 10.2 Å². The molecule has 1 N–H and O–H groups in total. The Labute approximate surface area is 120 Å². The molecule has 19 heavy (non-hydrogen) atoms. The number of rotatable bonds is 4. The second-order valence-electron chi connectivity index (χ2n) is 3.45. The van der Waals surface area contributed by atoms with Crippen molar-refractivity contribution in [1.29, 1.82) is 0 Å². The summed E-state index contributed by atoms with van der Waals surface area (Å²) in [5, 5.41) is 17.5. The maximum Gasteiger partial charge on any atom is 0.362 e. The lowest BCUT2D eigenvalue weighted by Crippen LogP contribution is -2.07. The molecule has 5 nitrogen and oxygen atoms in total. The number of hydrogen-bond donors (Lipinski definition) is 1. The first-order valence-corrected chi connectivity index (χ1v) is 6.15. The van der Waals surface area contributed by atoms with Crippen LogP contribution in [0.15, 0.2) is 39.9 Å². The number of benzene rings is 1. The maximum atomic E-state index is 11.5. The first kappa shape index (κ1) is 15.5. The lowest BCUT2D eigenvalue weighted by Gasteiger charge is -2.02. The standard InChI is InChI=1S/C12H12Cl2N2O3/c1-3-19-12(18)11(7(2)17)16-15-8-4-5-9(13)10(14)6-8/h4-6,17H,3H2,1-2H3/b11-7-,16-15?. The van der Waals surface area contributed by atoms with Gasteiger partial charge >= 0.3 is 5.97 Å². The highest BCUT2D eigenvalue weighted by atomic mass is 35.5. The van der Waals surface area contributed by atoms with Crippen molar-refractivity contribution in [2.24, 2.45) is 10.2 Å². The molecule has 1 aromatic rings. The molecule has 0 amide bonds. The minimum absolute atomic E-state index is 0.178.